The van der Waals surface area contributed by atoms with E-state index in [9.17, 15) is 9.59 Å². The first-order valence-electron chi connectivity index (χ1n) is 4.44. The molecule has 0 aliphatic heterocycles. The number of carbonyl (C=O) groups excluding carboxylic acids is 1. The van der Waals surface area contributed by atoms with Gasteiger partial charge < -0.3 is 15.6 Å². The molecule has 0 saturated heterocycles. The van der Waals surface area contributed by atoms with Gasteiger partial charge in [-0.1, -0.05) is 0 Å². The third-order valence-electron chi connectivity index (χ3n) is 2.06. The summed E-state index contributed by atoms with van der Waals surface area (Å²) in [6, 6.07) is 0. The van der Waals surface area contributed by atoms with Crippen molar-refractivity contribution in [3.05, 3.63) is 22.7 Å². The lowest BCUT2D eigenvalue weighted by Crippen LogP contribution is -2.46. The van der Waals surface area contributed by atoms with Gasteiger partial charge in [0, 0.05) is 19.4 Å². The first-order valence-corrected chi connectivity index (χ1v) is 4.44. The summed E-state index contributed by atoms with van der Waals surface area (Å²) in [6.07, 6.45) is 3.01. The van der Waals surface area contributed by atoms with Crippen molar-refractivity contribution < 1.29 is 4.79 Å². The van der Waals surface area contributed by atoms with Crippen molar-refractivity contribution >= 4 is 11.7 Å². The number of anilines is 1. The Kier molecular flexibility index (Phi) is 2.78. The summed E-state index contributed by atoms with van der Waals surface area (Å²) in [5.74, 6) is -0.431. The lowest BCUT2D eigenvalue weighted by molar-refractivity contribution is -0.121. The SMILES string of the molecule is Cn1ccnc(NC(C)(C)C(N)=O)c1=O. The zero-order valence-corrected chi connectivity index (χ0v) is 8.94. The highest BCUT2D eigenvalue weighted by Crippen LogP contribution is 2.07. The van der Waals surface area contributed by atoms with Gasteiger partial charge in [-0.2, -0.15) is 0 Å². The lowest BCUT2D eigenvalue weighted by atomic mass is 10.1. The third kappa shape index (κ3) is 2.34. The minimum Gasteiger partial charge on any atom is -0.368 e. The second-order valence-corrected chi connectivity index (χ2v) is 3.81. The lowest BCUT2D eigenvalue weighted by Gasteiger charge is -2.22. The molecule has 1 amide bonds. The number of carbonyl (C=O) groups is 1. The highest BCUT2D eigenvalue weighted by atomic mass is 16.2. The number of nitrogens with one attached hydrogen (secondary N) is 1. The van der Waals surface area contributed by atoms with Crippen molar-refractivity contribution in [1.82, 2.24) is 9.55 Å². The zero-order chi connectivity index (χ0) is 11.6. The number of nitrogens with zero attached hydrogens (tertiary/aromatic N) is 2. The van der Waals surface area contributed by atoms with Crippen molar-refractivity contribution in [3.63, 3.8) is 0 Å². The second-order valence-electron chi connectivity index (χ2n) is 3.81. The highest BCUT2D eigenvalue weighted by Gasteiger charge is 2.25. The fourth-order valence-corrected chi connectivity index (χ4v) is 0.941. The summed E-state index contributed by atoms with van der Waals surface area (Å²) >= 11 is 0. The van der Waals surface area contributed by atoms with E-state index in [4.69, 9.17) is 5.73 Å². The molecule has 0 fully saturated rings. The van der Waals surface area contributed by atoms with Gasteiger partial charge in [0.25, 0.3) is 5.56 Å². The van der Waals surface area contributed by atoms with Gasteiger partial charge >= 0.3 is 0 Å². The first kappa shape index (κ1) is 11.2. The van der Waals surface area contributed by atoms with Crippen molar-refractivity contribution in [2.45, 2.75) is 19.4 Å². The van der Waals surface area contributed by atoms with Crippen molar-refractivity contribution in [2.24, 2.45) is 12.8 Å². The zero-order valence-electron chi connectivity index (χ0n) is 8.94. The molecular weight excluding hydrogens is 196 g/mol. The van der Waals surface area contributed by atoms with Gasteiger partial charge in [-0.3, -0.25) is 9.59 Å². The fraction of sp³-hybridized carbons (Fsp3) is 0.444. The Morgan fingerprint density at radius 3 is 2.73 bits per heavy atom. The van der Waals surface area contributed by atoms with E-state index in [0.29, 0.717) is 0 Å². The standard InChI is InChI=1S/C9H14N4O2/c1-9(2,8(10)15)12-6-7(14)13(3)5-4-11-6/h4-5H,1-3H3,(H2,10,15)(H,11,12). The molecule has 0 aliphatic rings. The van der Waals surface area contributed by atoms with E-state index in [1.165, 1.54) is 17.0 Å². The Hall–Kier alpha value is -1.85. The number of hydrogen-bond donors (Lipinski definition) is 2. The van der Waals surface area contributed by atoms with E-state index in [1.807, 2.05) is 0 Å². The average molecular weight is 210 g/mol. The largest absolute Gasteiger partial charge is 0.368 e. The van der Waals surface area contributed by atoms with Crippen LogP contribution in [0.2, 0.25) is 0 Å². The second kappa shape index (κ2) is 3.72. The number of primary amides is 1. The maximum atomic E-state index is 11.6. The molecule has 0 aliphatic carbocycles. The molecule has 0 radical (unpaired) electrons. The van der Waals surface area contributed by atoms with Crippen LogP contribution in [0.3, 0.4) is 0 Å². The Balaban J connectivity index is 3.06. The monoisotopic (exact) mass is 210 g/mol. The van der Waals surface area contributed by atoms with E-state index in [1.54, 1.807) is 20.9 Å². The number of amides is 1. The van der Waals surface area contributed by atoms with Crippen LogP contribution >= 0.6 is 0 Å². The number of rotatable bonds is 3. The van der Waals surface area contributed by atoms with Gasteiger partial charge in [0.1, 0.15) is 5.54 Å². The molecule has 82 valence electrons. The molecule has 6 heteroatoms. The molecular formula is C9H14N4O2. The quantitative estimate of drug-likeness (QED) is 0.700. The molecule has 0 saturated carbocycles. The molecule has 1 aromatic heterocycles. The Morgan fingerprint density at radius 2 is 2.20 bits per heavy atom. The van der Waals surface area contributed by atoms with Crippen molar-refractivity contribution in [3.8, 4) is 0 Å². The number of nitrogens with two attached hydrogens (primary N) is 1. The summed E-state index contributed by atoms with van der Waals surface area (Å²) < 4.78 is 1.37. The molecule has 0 aromatic carbocycles. The topological polar surface area (TPSA) is 90.0 Å². The van der Waals surface area contributed by atoms with E-state index in [2.05, 4.69) is 10.3 Å². The van der Waals surface area contributed by atoms with E-state index >= 15 is 0 Å². The number of aromatic nitrogens is 2. The minimum absolute atomic E-state index is 0.115. The predicted molar refractivity (Wildman–Crippen MR) is 56.4 cm³/mol. The van der Waals surface area contributed by atoms with Gasteiger partial charge in [-0.15, -0.1) is 0 Å². The van der Waals surface area contributed by atoms with Crippen LogP contribution in [0.25, 0.3) is 0 Å². The summed E-state index contributed by atoms with van der Waals surface area (Å²) in [5.41, 5.74) is 3.87. The first-order chi connectivity index (χ1) is 6.84. The van der Waals surface area contributed by atoms with Gasteiger partial charge in [0.2, 0.25) is 5.91 Å². The van der Waals surface area contributed by atoms with Crippen molar-refractivity contribution in [2.75, 3.05) is 5.32 Å². The number of hydrogen-bond acceptors (Lipinski definition) is 4. The normalized spacial score (nSPS) is 11.1. The van der Waals surface area contributed by atoms with Crippen LogP contribution in [-0.4, -0.2) is 21.0 Å². The molecule has 0 bridgehead atoms. The highest BCUT2D eigenvalue weighted by molar-refractivity contribution is 5.86. The predicted octanol–water partition coefficient (Wildman–Crippen LogP) is -0.544. The molecule has 0 spiro atoms. The van der Waals surface area contributed by atoms with Gasteiger partial charge in [-0.25, -0.2) is 4.98 Å². The Bertz CT molecular complexity index is 436. The summed E-state index contributed by atoms with van der Waals surface area (Å²) in [7, 11) is 1.60. The van der Waals surface area contributed by atoms with Gasteiger partial charge in [-0.05, 0) is 13.8 Å². The van der Waals surface area contributed by atoms with Crippen LogP contribution in [0.15, 0.2) is 17.2 Å². The average Bonchev–Trinajstić information content (AvgIpc) is 2.12. The van der Waals surface area contributed by atoms with Crippen LogP contribution in [0.4, 0.5) is 5.82 Å². The maximum Gasteiger partial charge on any atom is 0.293 e. The number of aryl methyl sites for hydroxylation is 1. The minimum atomic E-state index is -0.999. The van der Waals surface area contributed by atoms with Crippen LogP contribution in [-0.2, 0) is 11.8 Å². The molecule has 1 aromatic rings. The maximum absolute atomic E-state index is 11.6. The van der Waals surface area contributed by atoms with Crippen LogP contribution in [0, 0.1) is 0 Å². The van der Waals surface area contributed by atoms with Crippen LogP contribution in [0.1, 0.15) is 13.8 Å². The van der Waals surface area contributed by atoms with Crippen LogP contribution in [0.5, 0.6) is 0 Å². The summed E-state index contributed by atoms with van der Waals surface area (Å²) in [6.45, 7) is 3.17. The molecule has 0 atom stereocenters. The molecule has 1 heterocycles. The van der Waals surface area contributed by atoms with Gasteiger partial charge in [0.15, 0.2) is 5.82 Å². The Morgan fingerprint density at radius 1 is 1.60 bits per heavy atom. The molecule has 0 unspecified atom stereocenters. The van der Waals surface area contributed by atoms with E-state index < -0.39 is 11.4 Å². The smallest absolute Gasteiger partial charge is 0.293 e. The van der Waals surface area contributed by atoms with E-state index in [-0.39, 0.29) is 11.4 Å². The molecule has 1 rings (SSSR count). The Labute approximate surface area is 87.1 Å². The molecule has 15 heavy (non-hydrogen) atoms. The van der Waals surface area contributed by atoms with E-state index in [0.717, 1.165) is 0 Å². The van der Waals surface area contributed by atoms with Crippen molar-refractivity contribution in [1.29, 1.82) is 0 Å². The van der Waals surface area contributed by atoms with Gasteiger partial charge in [0.05, 0.1) is 0 Å². The third-order valence-corrected chi connectivity index (χ3v) is 2.06. The summed E-state index contributed by atoms with van der Waals surface area (Å²) in [4.78, 5) is 26.5. The molecule has 6 nitrogen and oxygen atoms in total. The fourth-order valence-electron chi connectivity index (χ4n) is 0.941. The summed E-state index contributed by atoms with van der Waals surface area (Å²) in [5, 5.41) is 2.71. The molecule has 3 N–H and O–H groups in total. The van der Waals surface area contributed by atoms with Crippen LogP contribution < -0.4 is 16.6 Å².